The second-order valence-corrected chi connectivity index (χ2v) is 5.43. The van der Waals surface area contributed by atoms with E-state index in [-0.39, 0.29) is 0 Å². The third-order valence-electron chi connectivity index (χ3n) is 3.86. The number of ketones is 1. The highest BCUT2D eigenvalue weighted by atomic mass is 16.1. The van der Waals surface area contributed by atoms with Gasteiger partial charge >= 0.3 is 0 Å². The maximum atomic E-state index is 12.1. The largest absolute Gasteiger partial charge is 0.384 e. The number of Topliss-reactive ketones (excluding diaryl/α,β-unsaturated/α-hetero) is 1. The summed E-state index contributed by atoms with van der Waals surface area (Å²) in [6.45, 7) is 0.873. The molecule has 0 aliphatic carbocycles. The molecule has 0 saturated heterocycles. The Hall–Kier alpha value is -2.10. The molecule has 0 bridgehead atoms. The molecule has 1 aromatic heterocycles. The smallest absolute Gasteiger partial charge is 0.133 e. The van der Waals surface area contributed by atoms with Gasteiger partial charge in [-0.2, -0.15) is 5.10 Å². The van der Waals surface area contributed by atoms with Gasteiger partial charge in [0.05, 0.1) is 6.20 Å². The summed E-state index contributed by atoms with van der Waals surface area (Å²) in [5, 5.41) is 7.49. The monoisotopic (exact) mass is 269 g/mol. The first kappa shape index (κ1) is 12.9. The lowest BCUT2D eigenvalue weighted by molar-refractivity contribution is -0.119. The van der Waals surface area contributed by atoms with Gasteiger partial charge in [-0.1, -0.05) is 18.2 Å². The van der Waals surface area contributed by atoms with E-state index < -0.39 is 0 Å². The van der Waals surface area contributed by atoms with Gasteiger partial charge in [0, 0.05) is 44.2 Å². The Morgan fingerprint density at radius 2 is 2.30 bits per heavy atom. The predicted molar refractivity (Wildman–Crippen MR) is 78.8 cm³/mol. The quantitative estimate of drug-likeness (QED) is 0.907. The Balaban J connectivity index is 1.55. The molecule has 104 valence electrons. The van der Waals surface area contributed by atoms with E-state index in [1.54, 1.807) is 4.68 Å². The molecule has 1 aromatic carbocycles. The summed E-state index contributed by atoms with van der Waals surface area (Å²) in [7, 11) is 1.90. The SMILES string of the molecule is Cn1cc(CCC(=O)CC2CNc3ccccc32)cn1. The molecule has 0 amide bonds. The topological polar surface area (TPSA) is 46.9 Å². The molecule has 0 radical (unpaired) electrons. The number of carbonyl (C=O) groups is 1. The van der Waals surface area contributed by atoms with Crippen molar-refractivity contribution in [3.05, 3.63) is 47.8 Å². The Labute approximate surface area is 118 Å². The number of benzene rings is 1. The average Bonchev–Trinajstić information content (AvgIpc) is 3.04. The van der Waals surface area contributed by atoms with Crippen LogP contribution in [0.2, 0.25) is 0 Å². The van der Waals surface area contributed by atoms with Crippen LogP contribution in [0.25, 0.3) is 0 Å². The zero-order valence-electron chi connectivity index (χ0n) is 11.7. The summed E-state index contributed by atoms with van der Waals surface area (Å²) in [5.74, 6) is 0.657. The van der Waals surface area contributed by atoms with Crippen LogP contribution in [0.4, 0.5) is 5.69 Å². The number of aryl methyl sites for hydroxylation is 2. The van der Waals surface area contributed by atoms with Crippen LogP contribution in [0.5, 0.6) is 0 Å². The Bertz CT molecular complexity index is 618. The van der Waals surface area contributed by atoms with Gasteiger partial charge in [0.2, 0.25) is 0 Å². The van der Waals surface area contributed by atoms with E-state index in [0.29, 0.717) is 24.5 Å². The molecular formula is C16H19N3O. The highest BCUT2D eigenvalue weighted by Gasteiger charge is 2.23. The number of hydrogen-bond donors (Lipinski definition) is 1. The third-order valence-corrected chi connectivity index (χ3v) is 3.86. The fourth-order valence-electron chi connectivity index (χ4n) is 2.80. The summed E-state index contributed by atoms with van der Waals surface area (Å²) in [6, 6.07) is 8.27. The van der Waals surface area contributed by atoms with Crippen molar-refractivity contribution in [1.29, 1.82) is 0 Å². The summed E-state index contributed by atoms with van der Waals surface area (Å²) >= 11 is 0. The number of carbonyl (C=O) groups excluding carboxylic acids is 1. The minimum absolute atomic E-state index is 0.326. The summed E-state index contributed by atoms with van der Waals surface area (Å²) in [5.41, 5.74) is 3.59. The van der Waals surface area contributed by atoms with Gasteiger partial charge in [-0.25, -0.2) is 0 Å². The van der Waals surface area contributed by atoms with Crippen molar-refractivity contribution in [2.45, 2.75) is 25.2 Å². The van der Waals surface area contributed by atoms with E-state index in [0.717, 1.165) is 18.5 Å². The zero-order valence-corrected chi connectivity index (χ0v) is 11.7. The van der Waals surface area contributed by atoms with Crippen LogP contribution in [-0.4, -0.2) is 22.1 Å². The third kappa shape index (κ3) is 2.74. The Morgan fingerprint density at radius 3 is 3.10 bits per heavy atom. The lowest BCUT2D eigenvalue weighted by Gasteiger charge is -2.08. The van der Waals surface area contributed by atoms with E-state index >= 15 is 0 Å². The fraction of sp³-hybridized carbons (Fsp3) is 0.375. The highest BCUT2D eigenvalue weighted by molar-refractivity contribution is 5.80. The van der Waals surface area contributed by atoms with Crippen LogP contribution in [-0.2, 0) is 18.3 Å². The number of aromatic nitrogens is 2. The van der Waals surface area contributed by atoms with Gasteiger partial charge < -0.3 is 5.32 Å². The van der Waals surface area contributed by atoms with Crippen molar-refractivity contribution in [2.24, 2.45) is 7.05 Å². The maximum absolute atomic E-state index is 12.1. The van der Waals surface area contributed by atoms with Crippen molar-refractivity contribution in [3.8, 4) is 0 Å². The van der Waals surface area contributed by atoms with Gasteiger partial charge in [-0.3, -0.25) is 9.48 Å². The van der Waals surface area contributed by atoms with Crippen LogP contribution in [0, 0.1) is 0 Å². The molecule has 20 heavy (non-hydrogen) atoms. The molecule has 2 heterocycles. The van der Waals surface area contributed by atoms with Crippen molar-refractivity contribution >= 4 is 11.5 Å². The molecule has 0 saturated carbocycles. The zero-order chi connectivity index (χ0) is 13.9. The van der Waals surface area contributed by atoms with Gasteiger partial charge in [0.15, 0.2) is 0 Å². The van der Waals surface area contributed by atoms with E-state index in [1.165, 1.54) is 11.3 Å². The number of anilines is 1. The Kier molecular flexibility index (Phi) is 3.54. The number of nitrogens with one attached hydrogen (secondary N) is 1. The standard InChI is InChI=1S/C16H19N3O/c1-19-11-12(9-18-19)6-7-14(20)8-13-10-17-16-5-3-2-4-15(13)16/h2-5,9,11,13,17H,6-8,10H2,1H3. The first-order valence-electron chi connectivity index (χ1n) is 7.04. The molecule has 0 fully saturated rings. The minimum atomic E-state index is 0.326. The van der Waals surface area contributed by atoms with E-state index in [4.69, 9.17) is 0 Å². The molecule has 1 aliphatic heterocycles. The molecule has 4 nitrogen and oxygen atoms in total. The van der Waals surface area contributed by atoms with E-state index in [1.807, 2.05) is 31.6 Å². The minimum Gasteiger partial charge on any atom is -0.384 e. The predicted octanol–water partition coefficient (Wildman–Crippen LogP) is 2.52. The lowest BCUT2D eigenvalue weighted by Crippen LogP contribution is -2.09. The first-order chi connectivity index (χ1) is 9.72. The molecule has 4 heteroatoms. The van der Waals surface area contributed by atoms with E-state index in [9.17, 15) is 4.79 Å². The second-order valence-electron chi connectivity index (χ2n) is 5.43. The molecule has 2 aromatic rings. The first-order valence-corrected chi connectivity index (χ1v) is 7.04. The number of para-hydroxylation sites is 1. The molecule has 0 spiro atoms. The van der Waals surface area contributed by atoms with Crippen LogP contribution >= 0.6 is 0 Å². The molecule has 3 rings (SSSR count). The lowest BCUT2D eigenvalue weighted by atomic mass is 9.94. The molecular weight excluding hydrogens is 250 g/mol. The number of hydrogen-bond acceptors (Lipinski definition) is 3. The highest BCUT2D eigenvalue weighted by Crippen LogP contribution is 2.33. The molecule has 1 atom stereocenters. The fourth-order valence-corrected chi connectivity index (χ4v) is 2.80. The van der Waals surface area contributed by atoms with Crippen LogP contribution in [0.15, 0.2) is 36.7 Å². The van der Waals surface area contributed by atoms with Crippen LogP contribution < -0.4 is 5.32 Å². The maximum Gasteiger partial charge on any atom is 0.133 e. The van der Waals surface area contributed by atoms with Gasteiger partial charge in [0.1, 0.15) is 5.78 Å². The summed E-state index contributed by atoms with van der Waals surface area (Å²) < 4.78 is 1.77. The van der Waals surface area contributed by atoms with Gasteiger partial charge in [-0.15, -0.1) is 0 Å². The average molecular weight is 269 g/mol. The Morgan fingerprint density at radius 1 is 1.45 bits per heavy atom. The van der Waals surface area contributed by atoms with Gasteiger partial charge in [0.25, 0.3) is 0 Å². The van der Waals surface area contributed by atoms with Crippen LogP contribution in [0.3, 0.4) is 0 Å². The number of fused-ring (bicyclic) bond motifs is 1. The van der Waals surface area contributed by atoms with Crippen molar-refractivity contribution in [2.75, 3.05) is 11.9 Å². The van der Waals surface area contributed by atoms with Crippen molar-refractivity contribution in [1.82, 2.24) is 9.78 Å². The normalized spacial score (nSPS) is 16.8. The molecule has 1 N–H and O–H groups in total. The number of rotatable bonds is 5. The van der Waals surface area contributed by atoms with Gasteiger partial charge in [-0.05, 0) is 23.6 Å². The summed E-state index contributed by atoms with van der Waals surface area (Å²) in [6.07, 6.45) is 5.82. The van der Waals surface area contributed by atoms with E-state index in [2.05, 4.69) is 22.5 Å². The van der Waals surface area contributed by atoms with Crippen LogP contribution in [0.1, 0.15) is 29.9 Å². The second kappa shape index (κ2) is 5.49. The molecule has 1 aliphatic rings. The molecule has 1 unspecified atom stereocenters. The number of nitrogens with zero attached hydrogens (tertiary/aromatic N) is 2. The van der Waals surface area contributed by atoms with Crippen molar-refractivity contribution < 1.29 is 4.79 Å². The summed E-state index contributed by atoms with van der Waals surface area (Å²) in [4.78, 5) is 12.1. The van der Waals surface area contributed by atoms with Crippen molar-refractivity contribution in [3.63, 3.8) is 0 Å².